The number of piperidine rings is 1. The van der Waals surface area contributed by atoms with Gasteiger partial charge in [-0.2, -0.15) is 10.1 Å². The van der Waals surface area contributed by atoms with Gasteiger partial charge >= 0.3 is 0 Å². The molecule has 4 aromatic rings. The first-order chi connectivity index (χ1) is 30.1. The van der Waals surface area contributed by atoms with Gasteiger partial charge in [-0.3, -0.25) is 19.3 Å². The largest absolute Gasteiger partial charge is 0.397 e. The molecule has 2 amide bonds. The number of hydroxylamine groups is 4. The van der Waals surface area contributed by atoms with Gasteiger partial charge in [0.2, 0.25) is 11.8 Å². The molecule has 0 bridgehead atoms. The Labute approximate surface area is 374 Å². The maximum Gasteiger partial charge on any atom is 0.244 e. The Morgan fingerprint density at radius 1 is 0.556 bits per heavy atom. The summed E-state index contributed by atoms with van der Waals surface area (Å²) in [4.78, 5) is 44.4. The molecule has 63 heavy (non-hydrogen) atoms. The van der Waals surface area contributed by atoms with E-state index in [1.165, 1.54) is 11.3 Å². The van der Waals surface area contributed by atoms with Crippen molar-refractivity contribution in [3.63, 3.8) is 0 Å². The molecule has 4 saturated heterocycles. The lowest BCUT2D eigenvalue weighted by Gasteiger charge is -2.36. The molecule has 0 saturated carbocycles. The van der Waals surface area contributed by atoms with E-state index in [1.807, 2.05) is 75.9 Å². The van der Waals surface area contributed by atoms with Crippen LogP contribution in [-0.2, 0) is 19.3 Å². The first-order valence-corrected chi connectivity index (χ1v) is 23.1. The molecule has 0 aliphatic carbocycles. The second-order valence-electron chi connectivity index (χ2n) is 19.9. The van der Waals surface area contributed by atoms with Gasteiger partial charge in [-0.25, -0.2) is 0 Å². The summed E-state index contributed by atoms with van der Waals surface area (Å²) in [6, 6.07) is 31.3. The fourth-order valence-electron chi connectivity index (χ4n) is 10.0. The minimum Gasteiger partial charge on any atom is -0.397 e. The topological polar surface area (TPSA) is 142 Å². The highest BCUT2D eigenvalue weighted by Gasteiger charge is 2.38. The highest BCUT2D eigenvalue weighted by Crippen LogP contribution is 2.48. The monoisotopic (exact) mass is 857 g/mol. The van der Waals surface area contributed by atoms with Crippen molar-refractivity contribution in [3.8, 4) is 0 Å². The van der Waals surface area contributed by atoms with E-state index < -0.39 is 11.2 Å². The van der Waals surface area contributed by atoms with E-state index in [4.69, 9.17) is 21.1 Å². The summed E-state index contributed by atoms with van der Waals surface area (Å²) in [5, 5.41) is 9.85. The molecular formula is C51H68N8O4. The van der Waals surface area contributed by atoms with Crippen LogP contribution in [0.1, 0.15) is 128 Å². The first kappa shape index (κ1) is 44.5. The van der Waals surface area contributed by atoms with Gasteiger partial charge in [-0.15, -0.1) is 0 Å². The number of amides is 2. The van der Waals surface area contributed by atoms with Gasteiger partial charge in [0.1, 0.15) is 12.1 Å². The van der Waals surface area contributed by atoms with Crippen LogP contribution in [0.4, 0.5) is 34.1 Å². The highest BCUT2D eigenvalue weighted by molar-refractivity contribution is 5.98. The van der Waals surface area contributed by atoms with Crippen molar-refractivity contribution in [1.29, 1.82) is 0 Å². The van der Waals surface area contributed by atoms with Gasteiger partial charge in [0.05, 0.1) is 46.0 Å². The number of carbonyl (C=O) groups is 2. The molecule has 12 heteroatoms. The number of anilines is 6. The van der Waals surface area contributed by atoms with Gasteiger partial charge in [0, 0.05) is 37.6 Å². The third-order valence-electron chi connectivity index (χ3n) is 12.9. The van der Waals surface area contributed by atoms with Crippen molar-refractivity contribution < 1.29 is 19.3 Å². The quantitative estimate of drug-likeness (QED) is 0.108. The second-order valence-corrected chi connectivity index (χ2v) is 19.9. The minimum atomic E-state index is -0.391. The van der Waals surface area contributed by atoms with E-state index >= 15 is 0 Å². The molecule has 8 rings (SSSR count). The van der Waals surface area contributed by atoms with E-state index in [0.29, 0.717) is 41.8 Å². The fourth-order valence-corrected chi connectivity index (χ4v) is 10.0. The molecular weight excluding hydrogens is 789 g/mol. The van der Waals surface area contributed by atoms with Crippen LogP contribution in [0.15, 0.2) is 91.0 Å². The van der Waals surface area contributed by atoms with E-state index in [1.54, 1.807) is 0 Å². The van der Waals surface area contributed by atoms with Crippen LogP contribution in [0.5, 0.6) is 0 Å². The maximum atomic E-state index is 13.6. The van der Waals surface area contributed by atoms with Gasteiger partial charge in [0.15, 0.2) is 0 Å². The third kappa shape index (κ3) is 10.5. The summed E-state index contributed by atoms with van der Waals surface area (Å²) in [6.45, 7) is 15.4. The summed E-state index contributed by atoms with van der Waals surface area (Å²) in [7, 11) is 0. The summed E-state index contributed by atoms with van der Waals surface area (Å²) < 4.78 is 0. The third-order valence-corrected chi connectivity index (χ3v) is 12.9. The normalized spacial score (nSPS) is 22.8. The number of nitrogens with two attached hydrogens (primary N) is 2. The van der Waals surface area contributed by atoms with E-state index in [0.717, 1.165) is 81.3 Å². The van der Waals surface area contributed by atoms with Crippen molar-refractivity contribution in [2.75, 3.05) is 58.1 Å². The molecule has 6 N–H and O–H groups in total. The average Bonchev–Trinajstić information content (AvgIpc) is 4.02. The standard InChI is InChI=1S/C51H68N8O4/c1-50(2,3)62-57-28-10-14-46(57)48(60)54-42-22-16-36(32-40(42)52)44-24-25-45(37-17-23-43(41(53)33-37)55-49(61)47-15-11-29-58(47)63-51(4,5)6)59(44)39-20-18-38(19-21-39)56-30-26-35(27-31-56)34-12-8-7-9-13-34/h7-9,12-13,16-23,32-33,35,44-47H,10-11,14-15,24-31,52-53H2,1-6H3,(H,54,60)(H,55,61)/t44-,45-,46+,47+/m1/s1. The van der Waals surface area contributed by atoms with Crippen molar-refractivity contribution >= 4 is 45.9 Å². The summed E-state index contributed by atoms with van der Waals surface area (Å²) in [5.74, 6) is 0.366. The number of hydrogen-bond donors (Lipinski definition) is 4. The van der Waals surface area contributed by atoms with Crippen LogP contribution >= 0.6 is 0 Å². The lowest BCUT2D eigenvalue weighted by molar-refractivity contribution is -0.233. The first-order valence-electron chi connectivity index (χ1n) is 23.1. The zero-order chi connectivity index (χ0) is 44.5. The highest BCUT2D eigenvalue weighted by atomic mass is 16.7. The Morgan fingerprint density at radius 2 is 1.02 bits per heavy atom. The van der Waals surface area contributed by atoms with Crippen LogP contribution in [0.3, 0.4) is 0 Å². The SMILES string of the molecule is CC(C)(C)ON1CCC[C@H]1C(=O)Nc1ccc([C@H]2CC[C@H](c3ccc(NC(=O)[C@@H]4CCCN4OC(C)(C)C)c(N)c3)N2c2ccc(N3CCC(c4ccccc4)CC3)cc2)cc1N. The number of nitrogen functional groups attached to an aromatic ring is 2. The predicted octanol–water partition coefficient (Wildman–Crippen LogP) is 9.58. The molecule has 4 aliphatic rings. The fraction of sp³-hybridized carbons (Fsp3) is 0.490. The van der Waals surface area contributed by atoms with Crippen LogP contribution < -0.4 is 31.9 Å². The summed E-state index contributed by atoms with van der Waals surface area (Å²) in [5.41, 5.74) is 20.9. The van der Waals surface area contributed by atoms with Crippen molar-refractivity contribution in [3.05, 3.63) is 108 Å². The summed E-state index contributed by atoms with van der Waals surface area (Å²) in [6.07, 6.45) is 7.27. The molecule has 12 nitrogen and oxygen atoms in total. The van der Waals surface area contributed by atoms with Gasteiger partial charge < -0.3 is 31.9 Å². The van der Waals surface area contributed by atoms with Crippen LogP contribution in [-0.4, -0.2) is 71.4 Å². The number of nitrogens with one attached hydrogen (secondary N) is 2. The number of nitrogens with zero attached hydrogens (tertiary/aromatic N) is 4. The van der Waals surface area contributed by atoms with Gasteiger partial charge in [-0.05, 0) is 164 Å². The van der Waals surface area contributed by atoms with Crippen LogP contribution in [0.25, 0.3) is 0 Å². The molecule has 0 radical (unpaired) electrons. The number of benzene rings is 4. The number of carbonyl (C=O) groups excluding carboxylic acids is 2. The summed E-state index contributed by atoms with van der Waals surface area (Å²) >= 11 is 0. The van der Waals surface area contributed by atoms with E-state index in [2.05, 4.69) is 87.2 Å². The van der Waals surface area contributed by atoms with Gasteiger partial charge in [-0.1, -0.05) is 42.5 Å². The zero-order valence-corrected chi connectivity index (χ0v) is 38.1. The smallest absolute Gasteiger partial charge is 0.244 e. The lowest BCUT2D eigenvalue weighted by atomic mass is 9.89. The molecule has 336 valence electrons. The molecule has 4 aromatic carbocycles. The van der Waals surface area contributed by atoms with Crippen molar-refractivity contribution in [2.24, 2.45) is 0 Å². The molecule has 0 spiro atoms. The Hall–Kier alpha value is -5.14. The van der Waals surface area contributed by atoms with Crippen LogP contribution in [0, 0.1) is 0 Å². The van der Waals surface area contributed by atoms with Gasteiger partial charge in [0.25, 0.3) is 0 Å². The van der Waals surface area contributed by atoms with E-state index in [-0.39, 0.29) is 36.0 Å². The number of rotatable bonds is 11. The van der Waals surface area contributed by atoms with Crippen LogP contribution in [0.2, 0.25) is 0 Å². The molecule has 4 atom stereocenters. The molecule has 4 fully saturated rings. The molecule has 4 aliphatic heterocycles. The zero-order valence-electron chi connectivity index (χ0n) is 38.1. The molecule has 4 heterocycles. The Balaban J connectivity index is 1.02. The maximum absolute atomic E-state index is 13.6. The van der Waals surface area contributed by atoms with Crippen molar-refractivity contribution in [1.82, 2.24) is 10.1 Å². The number of hydrogen-bond acceptors (Lipinski definition) is 10. The second kappa shape index (κ2) is 18.5. The Kier molecular flexibility index (Phi) is 13.1. The molecule has 0 unspecified atom stereocenters. The lowest BCUT2D eigenvalue weighted by Crippen LogP contribution is -2.43. The average molecular weight is 857 g/mol. The minimum absolute atomic E-state index is 0.0109. The predicted molar refractivity (Wildman–Crippen MR) is 254 cm³/mol. The molecule has 0 aromatic heterocycles. The Bertz CT molecular complexity index is 2110. The van der Waals surface area contributed by atoms with Crippen molar-refractivity contribution in [2.45, 2.75) is 134 Å². The van der Waals surface area contributed by atoms with E-state index in [9.17, 15) is 9.59 Å². The Morgan fingerprint density at radius 3 is 1.46 bits per heavy atom.